The van der Waals surface area contributed by atoms with Crippen molar-refractivity contribution in [2.24, 2.45) is 0 Å². The summed E-state index contributed by atoms with van der Waals surface area (Å²) in [6.07, 6.45) is 5.84. The smallest absolute Gasteiger partial charge is 0.426 e. The Bertz CT molecular complexity index is 556. The van der Waals surface area contributed by atoms with Crippen molar-refractivity contribution in [3.8, 4) is 0 Å². The third kappa shape index (κ3) is 2.18. The van der Waals surface area contributed by atoms with Crippen LogP contribution in [0.3, 0.4) is 0 Å². The highest BCUT2D eigenvalue weighted by atomic mass is 16.6. The zero-order valence-electron chi connectivity index (χ0n) is 10.1. The number of ether oxygens (including phenoxy) is 1. The lowest BCUT2D eigenvalue weighted by Gasteiger charge is -2.13. The molecule has 0 bridgehead atoms. The molecule has 0 saturated heterocycles. The zero-order valence-corrected chi connectivity index (χ0v) is 10.1. The van der Waals surface area contributed by atoms with E-state index < -0.39 is 0 Å². The molecule has 94 valence electrons. The van der Waals surface area contributed by atoms with Crippen molar-refractivity contribution in [2.45, 2.75) is 31.8 Å². The molecule has 1 fully saturated rings. The molecule has 18 heavy (non-hydrogen) atoms. The Morgan fingerprint density at radius 3 is 2.83 bits per heavy atom. The molecule has 1 N–H and O–H groups in total. The number of carbonyl (C=O) groups is 1. The molecule has 0 spiro atoms. The quantitative estimate of drug-likeness (QED) is 0.881. The van der Waals surface area contributed by atoms with Gasteiger partial charge in [0.05, 0.1) is 5.52 Å². The van der Waals surface area contributed by atoms with Crippen molar-refractivity contribution in [1.82, 2.24) is 4.68 Å². The Morgan fingerprint density at radius 1 is 1.22 bits per heavy atom. The first-order valence-corrected chi connectivity index (χ1v) is 6.37. The van der Waals surface area contributed by atoms with E-state index in [9.17, 15) is 4.79 Å². The fourth-order valence-electron chi connectivity index (χ4n) is 2.46. The predicted octanol–water partition coefficient (Wildman–Crippen LogP) is 3.26. The summed E-state index contributed by atoms with van der Waals surface area (Å²) >= 11 is 0. The van der Waals surface area contributed by atoms with Gasteiger partial charge in [0.2, 0.25) is 0 Å². The van der Waals surface area contributed by atoms with Crippen molar-refractivity contribution in [3.05, 3.63) is 36.5 Å². The van der Waals surface area contributed by atoms with Crippen LogP contribution in [0.1, 0.15) is 25.7 Å². The van der Waals surface area contributed by atoms with Crippen LogP contribution in [0.4, 0.5) is 4.79 Å². The van der Waals surface area contributed by atoms with E-state index >= 15 is 0 Å². The number of para-hydroxylation sites is 1. The summed E-state index contributed by atoms with van der Waals surface area (Å²) in [7, 11) is 0. The lowest BCUT2D eigenvalue weighted by Crippen LogP contribution is -2.26. The van der Waals surface area contributed by atoms with Gasteiger partial charge < -0.3 is 4.74 Å². The molecule has 0 radical (unpaired) electrons. The van der Waals surface area contributed by atoms with E-state index in [4.69, 9.17) is 4.74 Å². The molecule has 1 aromatic heterocycles. The summed E-state index contributed by atoms with van der Waals surface area (Å²) in [5.41, 5.74) is 3.72. The highest BCUT2D eigenvalue weighted by molar-refractivity contribution is 5.84. The molecule has 4 nitrogen and oxygen atoms in total. The van der Waals surface area contributed by atoms with Crippen LogP contribution in [-0.2, 0) is 4.74 Å². The number of nitrogens with one attached hydrogen (secondary N) is 1. The highest BCUT2D eigenvalue weighted by Gasteiger charge is 2.19. The Labute approximate surface area is 106 Å². The number of fused-ring (bicyclic) bond motifs is 1. The van der Waals surface area contributed by atoms with E-state index in [2.05, 4.69) is 5.43 Å². The molecule has 1 heterocycles. The van der Waals surface area contributed by atoms with E-state index in [1.54, 1.807) is 4.68 Å². The van der Waals surface area contributed by atoms with Crippen molar-refractivity contribution in [2.75, 3.05) is 5.43 Å². The van der Waals surface area contributed by atoms with Crippen LogP contribution in [0.25, 0.3) is 10.9 Å². The van der Waals surface area contributed by atoms with Gasteiger partial charge in [0.25, 0.3) is 0 Å². The number of hydrogen-bond donors (Lipinski definition) is 1. The van der Waals surface area contributed by atoms with Gasteiger partial charge in [0.15, 0.2) is 0 Å². The van der Waals surface area contributed by atoms with Gasteiger partial charge in [-0.25, -0.2) is 10.2 Å². The van der Waals surface area contributed by atoms with Crippen LogP contribution < -0.4 is 5.43 Å². The third-order valence-corrected chi connectivity index (χ3v) is 3.39. The Morgan fingerprint density at radius 2 is 2.00 bits per heavy atom. The van der Waals surface area contributed by atoms with Gasteiger partial charge in [-0.3, -0.25) is 4.68 Å². The van der Waals surface area contributed by atoms with Gasteiger partial charge in [0.1, 0.15) is 6.10 Å². The second kappa shape index (κ2) is 4.72. The van der Waals surface area contributed by atoms with Gasteiger partial charge in [0, 0.05) is 11.6 Å². The third-order valence-electron chi connectivity index (χ3n) is 3.39. The maximum atomic E-state index is 11.8. The van der Waals surface area contributed by atoms with Crippen molar-refractivity contribution >= 4 is 17.0 Å². The summed E-state index contributed by atoms with van der Waals surface area (Å²) in [5, 5.41) is 1.10. The molecule has 4 heteroatoms. The summed E-state index contributed by atoms with van der Waals surface area (Å²) in [6.45, 7) is 0. The van der Waals surface area contributed by atoms with Crippen LogP contribution in [0, 0.1) is 0 Å². The molecule has 1 aliphatic rings. The van der Waals surface area contributed by atoms with Crippen molar-refractivity contribution in [3.63, 3.8) is 0 Å². The van der Waals surface area contributed by atoms with Gasteiger partial charge in [-0.15, -0.1) is 0 Å². The minimum atomic E-state index is -0.372. The number of aromatic nitrogens is 1. The maximum Gasteiger partial charge on any atom is 0.426 e. The lowest BCUT2D eigenvalue weighted by atomic mass is 10.3. The summed E-state index contributed by atoms with van der Waals surface area (Å²) in [6, 6.07) is 9.86. The van der Waals surface area contributed by atoms with Gasteiger partial charge in [-0.1, -0.05) is 18.2 Å². The number of carbonyl (C=O) groups excluding carboxylic acids is 1. The van der Waals surface area contributed by atoms with Gasteiger partial charge in [-0.05, 0) is 37.8 Å². The maximum absolute atomic E-state index is 11.8. The van der Waals surface area contributed by atoms with Crippen molar-refractivity contribution in [1.29, 1.82) is 0 Å². The number of nitrogens with zero attached hydrogens (tertiary/aromatic N) is 1. The van der Waals surface area contributed by atoms with E-state index in [1.165, 1.54) is 0 Å². The minimum absolute atomic E-state index is 0.0897. The second-order valence-corrected chi connectivity index (χ2v) is 4.67. The van der Waals surface area contributed by atoms with Crippen LogP contribution in [0.15, 0.2) is 36.5 Å². The molecular formula is C14H16N2O2. The Balaban J connectivity index is 1.70. The normalized spacial score (nSPS) is 16.0. The molecule has 1 aliphatic carbocycles. The van der Waals surface area contributed by atoms with E-state index in [0.29, 0.717) is 0 Å². The average molecular weight is 244 g/mol. The molecule has 0 unspecified atom stereocenters. The summed E-state index contributed by atoms with van der Waals surface area (Å²) < 4.78 is 7.06. The Hall–Kier alpha value is -1.97. The monoisotopic (exact) mass is 244 g/mol. The largest absolute Gasteiger partial charge is 0.445 e. The zero-order chi connectivity index (χ0) is 12.4. The molecule has 1 saturated carbocycles. The van der Waals surface area contributed by atoms with Crippen LogP contribution in [0.2, 0.25) is 0 Å². The average Bonchev–Trinajstić information content (AvgIpc) is 3.00. The standard InChI is InChI=1S/C14H16N2O2/c17-14(18-12-6-2-3-7-12)15-16-10-9-11-5-1-4-8-13(11)16/h1,4-5,8-10,12H,2-3,6-7H2,(H,15,17). The summed E-state index contributed by atoms with van der Waals surface area (Å²) in [5.74, 6) is 0. The molecule has 0 atom stereocenters. The Kier molecular flexibility index (Phi) is 2.92. The second-order valence-electron chi connectivity index (χ2n) is 4.67. The SMILES string of the molecule is O=C(Nn1ccc2ccccc21)OC1CCCC1. The molecule has 1 amide bonds. The lowest BCUT2D eigenvalue weighted by molar-refractivity contribution is 0.112. The first kappa shape index (κ1) is 11.1. The van der Waals surface area contributed by atoms with Crippen LogP contribution in [-0.4, -0.2) is 16.9 Å². The predicted molar refractivity (Wildman–Crippen MR) is 70.0 cm³/mol. The van der Waals surface area contributed by atoms with Gasteiger partial charge >= 0.3 is 6.09 Å². The molecule has 1 aromatic carbocycles. The van der Waals surface area contributed by atoms with Crippen LogP contribution in [0.5, 0.6) is 0 Å². The first-order chi connectivity index (χ1) is 8.83. The number of benzene rings is 1. The number of rotatable bonds is 2. The molecular weight excluding hydrogens is 228 g/mol. The van der Waals surface area contributed by atoms with E-state index in [1.807, 2.05) is 36.5 Å². The molecule has 3 rings (SSSR count). The van der Waals surface area contributed by atoms with E-state index in [0.717, 1.165) is 36.6 Å². The molecule has 0 aliphatic heterocycles. The topological polar surface area (TPSA) is 43.3 Å². The minimum Gasteiger partial charge on any atom is -0.445 e. The molecule has 2 aromatic rings. The number of hydrogen-bond acceptors (Lipinski definition) is 2. The van der Waals surface area contributed by atoms with E-state index in [-0.39, 0.29) is 12.2 Å². The first-order valence-electron chi connectivity index (χ1n) is 6.37. The summed E-state index contributed by atoms with van der Waals surface area (Å²) in [4.78, 5) is 11.8. The fraction of sp³-hybridized carbons (Fsp3) is 0.357. The fourth-order valence-corrected chi connectivity index (χ4v) is 2.46. The van der Waals surface area contributed by atoms with Gasteiger partial charge in [-0.2, -0.15) is 0 Å². The van der Waals surface area contributed by atoms with Crippen molar-refractivity contribution < 1.29 is 9.53 Å². The number of amides is 1. The highest BCUT2D eigenvalue weighted by Crippen LogP contribution is 2.21. The van der Waals surface area contributed by atoms with Crippen LogP contribution >= 0.6 is 0 Å².